The van der Waals surface area contributed by atoms with E-state index in [2.05, 4.69) is 26.5 Å². The predicted molar refractivity (Wildman–Crippen MR) is 133 cm³/mol. The van der Waals surface area contributed by atoms with Crippen LogP contribution < -0.4 is 14.9 Å². The van der Waals surface area contributed by atoms with E-state index in [0.29, 0.717) is 48.8 Å². The molecule has 3 aromatic rings. The Hall–Kier alpha value is -2.25. The summed E-state index contributed by atoms with van der Waals surface area (Å²) < 4.78 is 12.3. The van der Waals surface area contributed by atoms with Gasteiger partial charge in [-0.1, -0.05) is 53.0 Å². The maximum Gasteiger partial charge on any atom is 0.272 e. The highest BCUT2D eigenvalue weighted by Gasteiger charge is 2.14. The second-order valence-electron chi connectivity index (χ2n) is 6.47. The first-order valence-electron chi connectivity index (χ1n) is 9.50. The standard InChI is InChI=1S/C23H18BrCl3N2O3/c1-2-31-21-10-14(12-28-29-23(30)17-5-3-4-6-18(17)24)9-20(27)22(21)32-13-15-7-8-16(25)11-19(15)26/h3-12H,2,13H2,1H3,(H,29,30)/b28-12-. The molecule has 0 heterocycles. The minimum atomic E-state index is -0.343. The monoisotopic (exact) mass is 554 g/mol. The van der Waals surface area contributed by atoms with Crippen LogP contribution in [0.25, 0.3) is 0 Å². The molecule has 3 rings (SSSR count). The van der Waals surface area contributed by atoms with E-state index in [1.165, 1.54) is 6.21 Å². The van der Waals surface area contributed by atoms with Crippen molar-refractivity contribution in [2.75, 3.05) is 6.61 Å². The lowest BCUT2D eigenvalue weighted by molar-refractivity contribution is 0.0954. The Morgan fingerprint density at radius 2 is 1.84 bits per heavy atom. The second-order valence-corrected chi connectivity index (χ2v) is 8.57. The number of carbonyl (C=O) groups is 1. The Kier molecular flexibility index (Phi) is 8.82. The highest BCUT2D eigenvalue weighted by molar-refractivity contribution is 9.10. The Morgan fingerprint density at radius 3 is 2.56 bits per heavy atom. The van der Waals surface area contributed by atoms with Crippen molar-refractivity contribution in [1.82, 2.24) is 5.43 Å². The first-order valence-corrected chi connectivity index (χ1v) is 11.4. The van der Waals surface area contributed by atoms with E-state index in [1.54, 1.807) is 48.5 Å². The van der Waals surface area contributed by atoms with Crippen molar-refractivity contribution in [1.29, 1.82) is 0 Å². The van der Waals surface area contributed by atoms with Crippen molar-refractivity contribution in [3.05, 3.63) is 90.8 Å². The number of ether oxygens (including phenoxy) is 2. The molecule has 0 spiro atoms. The molecule has 0 atom stereocenters. The third-order valence-corrected chi connectivity index (χ3v) is 5.78. The van der Waals surface area contributed by atoms with Crippen molar-refractivity contribution in [2.24, 2.45) is 5.10 Å². The van der Waals surface area contributed by atoms with Gasteiger partial charge in [0.25, 0.3) is 5.91 Å². The van der Waals surface area contributed by atoms with Gasteiger partial charge in [-0.25, -0.2) is 5.43 Å². The molecule has 5 nitrogen and oxygen atoms in total. The molecule has 0 aromatic heterocycles. The van der Waals surface area contributed by atoms with Crippen LogP contribution in [0.3, 0.4) is 0 Å². The molecule has 0 bridgehead atoms. The van der Waals surface area contributed by atoms with Crippen LogP contribution in [0.15, 0.2) is 64.2 Å². The van der Waals surface area contributed by atoms with Gasteiger partial charge in [0.1, 0.15) is 6.61 Å². The van der Waals surface area contributed by atoms with Crippen LogP contribution in [-0.4, -0.2) is 18.7 Å². The van der Waals surface area contributed by atoms with Crippen molar-refractivity contribution in [3.8, 4) is 11.5 Å². The fourth-order valence-corrected chi connectivity index (χ4v) is 3.93. The van der Waals surface area contributed by atoms with Crippen LogP contribution in [0.1, 0.15) is 28.4 Å². The molecule has 0 radical (unpaired) electrons. The van der Waals surface area contributed by atoms with E-state index in [-0.39, 0.29) is 12.5 Å². The number of amides is 1. The van der Waals surface area contributed by atoms with Gasteiger partial charge in [0.2, 0.25) is 0 Å². The molecular weight excluding hydrogens is 539 g/mol. The molecular formula is C23H18BrCl3N2O3. The van der Waals surface area contributed by atoms with E-state index in [1.807, 2.05) is 13.0 Å². The smallest absolute Gasteiger partial charge is 0.272 e. The second kappa shape index (κ2) is 11.6. The number of rotatable bonds is 8. The summed E-state index contributed by atoms with van der Waals surface area (Å²) in [6, 6.07) is 15.6. The predicted octanol–water partition coefficient (Wildman–Crippen LogP) is 7.15. The summed E-state index contributed by atoms with van der Waals surface area (Å²) in [6.45, 7) is 2.45. The summed E-state index contributed by atoms with van der Waals surface area (Å²) in [4.78, 5) is 12.3. The topological polar surface area (TPSA) is 59.9 Å². The van der Waals surface area contributed by atoms with Gasteiger partial charge in [-0.05, 0) is 64.8 Å². The Bertz CT molecular complexity index is 1160. The maximum absolute atomic E-state index is 12.3. The summed E-state index contributed by atoms with van der Waals surface area (Å²) in [6.07, 6.45) is 1.48. The summed E-state index contributed by atoms with van der Waals surface area (Å²) in [5.74, 6) is 0.488. The van der Waals surface area contributed by atoms with Crippen LogP contribution in [0.5, 0.6) is 11.5 Å². The molecule has 0 aliphatic heterocycles. The van der Waals surface area contributed by atoms with Crippen LogP contribution in [0.4, 0.5) is 0 Å². The van der Waals surface area contributed by atoms with E-state index >= 15 is 0 Å². The van der Waals surface area contributed by atoms with Crippen molar-refractivity contribution in [3.63, 3.8) is 0 Å². The van der Waals surface area contributed by atoms with Gasteiger partial charge in [0.15, 0.2) is 11.5 Å². The summed E-state index contributed by atoms with van der Waals surface area (Å²) in [5.41, 5.74) is 4.35. The quantitative estimate of drug-likeness (QED) is 0.237. The van der Waals surface area contributed by atoms with E-state index in [9.17, 15) is 4.79 Å². The molecule has 0 saturated carbocycles. The van der Waals surface area contributed by atoms with Crippen LogP contribution in [-0.2, 0) is 6.61 Å². The minimum Gasteiger partial charge on any atom is -0.490 e. The summed E-state index contributed by atoms with van der Waals surface area (Å²) in [7, 11) is 0. The van der Waals surface area contributed by atoms with Gasteiger partial charge in [-0.15, -0.1) is 0 Å². The average Bonchev–Trinajstić information content (AvgIpc) is 2.75. The van der Waals surface area contributed by atoms with Crippen LogP contribution in [0.2, 0.25) is 15.1 Å². The zero-order valence-electron chi connectivity index (χ0n) is 16.9. The van der Waals surface area contributed by atoms with Crippen LogP contribution in [0, 0.1) is 0 Å². The number of nitrogens with one attached hydrogen (secondary N) is 1. The SMILES string of the molecule is CCOc1cc(/C=N\NC(=O)c2ccccc2Br)cc(Cl)c1OCc1ccc(Cl)cc1Cl. The van der Waals surface area contributed by atoms with Gasteiger partial charge in [0.05, 0.1) is 23.4 Å². The van der Waals surface area contributed by atoms with Crippen molar-refractivity contribution >= 4 is 62.9 Å². The fourth-order valence-electron chi connectivity index (χ4n) is 2.73. The van der Waals surface area contributed by atoms with Gasteiger partial charge in [-0.2, -0.15) is 5.10 Å². The fraction of sp³-hybridized carbons (Fsp3) is 0.130. The summed E-state index contributed by atoms with van der Waals surface area (Å²) >= 11 is 21.9. The summed E-state index contributed by atoms with van der Waals surface area (Å²) in [5, 5.41) is 5.39. The molecule has 0 fully saturated rings. The molecule has 3 aromatic carbocycles. The number of hydrogen-bond donors (Lipinski definition) is 1. The molecule has 1 amide bonds. The van der Waals surface area contributed by atoms with E-state index in [0.717, 1.165) is 5.56 Å². The Balaban J connectivity index is 1.75. The van der Waals surface area contributed by atoms with Gasteiger partial charge in [-0.3, -0.25) is 4.79 Å². The zero-order chi connectivity index (χ0) is 23.1. The van der Waals surface area contributed by atoms with Gasteiger partial charge < -0.3 is 9.47 Å². The molecule has 0 unspecified atom stereocenters. The largest absolute Gasteiger partial charge is 0.490 e. The Labute approximate surface area is 209 Å². The van der Waals surface area contributed by atoms with E-state index < -0.39 is 0 Å². The Morgan fingerprint density at radius 1 is 1.06 bits per heavy atom. The first kappa shape index (κ1) is 24.4. The maximum atomic E-state index is 12.3. The highest BCUT2D eigenvalue weighted by atomic mass is 79.9. The number of carbonyl (C=O) groups excluding carboxylic acids is 1. The minimum absolute atomic E-state index is 0.186. The zero-order valence-corrected chi connectivity index (χ0v) is 20.7. The first-order chi connectivity index (χ1) is 15.4. The molecule has 1 N–H and O–H groups in total. The normalized spacial score (nSPS) is 10.9. The lowest BCUT2D eigenvalue weighted by Crippen LogP contribution is -2.18. The number of hydrazone groups is 1. The van der Waals surface area contributed by atoms with E-state index in [4.69, 9.17) is 44.3 Å². The van der Waals surface area contributed by atoms with Gasteiger partial charge >= 0.3 is 0 Å². The number of benzene rings is 3. The van der Waals surface area contributed by atoms with Crippen molar-refractivity contribution in [2.45, 2.75) is 13.5 Å². The van der Waals surface area contributed by atoms with Crippen molar-refractivity contribution < 1.29 is 14.3 Å². The molecule has 9 heteroatoms. The van der Waals surface area contributed by atoms with Gasteiger partial charge in [0, 0.05) is 20.1 Å². The third kappa shape index (κ3) is 6.39. The molecule has 32 heavy (non-hydrogen) atoms. The number of nitrogens with zero attached hydrogens (tertiary/aromatic N) is 1. The number of hydrogen-bond acceptors (Lipinski definition) is 4. The van der Waals surface area contributed by atoms with Crippen LogP contribution >= 0.6 is 50.7 Å². The lowest BCUT2D eigenvalue weighted by Gasteiger charge is -2.15. The third-order valence-electron chi connectivity index (χ3n) is 4.22. The lowest BCUT2D eigenvalue weighted by atomic mass is 10.2. The highest BCUT2D eigenvalue weighted by Crippen LogP contribution is 2.37. The molecule has 0 saturated heterocycles. The number of halogens is 4. The molecule has 0 aliphatic rings. The molecule has 0 aliphatic carbocycles. The average molecular weight is 557 g/mol. The molecule has 166 valence electrons.